The van der Waals surface area contributed by atoms with Gasteiger partial charge in [-0.1, -0.05) is 135 Å². The maximum Gasteiger partial charge on any atom is -0.0353 e. The van der Waals surface area contributed by atoms with Crippen LogP contribution in [0.1, 0.15) is 135 Å². The molecule has 0 unspecified atom stereocenters. The van der Waals surface area contributed by atoms with Crippen molar-refractivity contribution in [2.75, 3.05) is 0 Å². The second-order valence-corrected chi connectivity index (χ2v) is 7.65. The minimum atomic E-state index is 1.12. The maximum absolute atomic E-state index is 3.90. The lowest BCUT2D eigenvalue weighted by Crippen LogP contribution is -1.84. The Hall–Kier alpha value is -0.260. The van der Waals surface area contributed by atoms with Gasteiger partial charge in [0.25, 0.3) is 0 Å². The number of hydrogen-bond donors (Lipinski definition) is 0. The molecule has 0 atom stereocenters. The normalized spacial score (nSPS) is 11.0. The molecule has 0 rings (SSSR count). The van der Waals surface area contributed by atoms with Crippen molar-refractivity contribution in [2.24, 2.45) is 0 Å². The molecule has 0 heteroatoms. The lowest BCUT2D eigenvalue weighted by Gasteiger charge is -2.04. The summed E-state index contributed by atoms with van der Waals surface area (Å²) in [5.74, 6) is 0. The van der Waals surface area contributed by atoms with Crippen molar-refractivity contribution in [2.45, 2.75) is 135 Å². The summed E-state index contributed by atoms with van der Waals surface area (Å²) in [7, 11) is 0. The van der Waals surface area contributed by atoms with Crippen molar-refractivity contribution in [1.82, 2.24) is 0 Å². The molecule has 0 aromatic rings. The second kappa shape index (κ2) is 22.7. The fourth-order valence-corrected chi connectivity index (χ4v) is 3.47. The minimum Gasteiger partial charge on any atom is -0.103 e. The van der Waals surface area contributed by atoms with Crippen LogP contribution in [0.2, 0.25) is 0 Å². The first-order valence-electron chi connectivity index (χ1n) is 11.3. The standard InChI is InChI=1S/C24H47/c1-3-5-7-9-11-13-15-17-19-21-23-24-22-20-18-16-14-12-10-8-6-4-2/h3H,1-2,4-24H2. The Labute approximate surface area is 154 Å². The van der Waals surface area contributed by atoms with E-state index < -0.39 is 0 Å². The van der Waals surface area contributed by atoms with Gasteiger partial charge in [-0.3, -0.25) is 0 Å². The highest BCUT2D eigenvalue weighted by Gasteiger charge is 1.95. The molecule has 0 amide bonds. The smallest absolute Gasteiger partial charge is 0.0353 e. The van der Waals surface area contributed by atoms with Crippen LogP contribution in [0.25, 0.3) is 0 Å². The second-order valence-electron chi connectivity index (χ2n) is 7.65. The van der Waals surface area contributed by atoms with Crippen molar-refractivity contribution < 1.29 is 0 Å². The number of rotatable bonds is 21. The zero-order chi connectivity index (χ0) is 17.6. The molecule has 0 N–H and O–H groups in total. The van der Waals surface area contributed by atoms with Crippen LogP contribution in [0, 0.1) is 6.92 Å². The molecule has 0 aromatic carbocycles. The third kappa shape index (κ3) is 21.7. The summed E-state index contributed by atoms with van der Waals surface area (Å²) in [6.07, 6.45) is 31.8. The van der Waals surface area contributed by atoms with Crippen LogP contribution in [0.5, 0.6) is 0 Å². The first-order chi connectivity index (χ1) is 11.9. The molecule has 24 heavy (non-hydrogen) atoms. The summed E-state index contributed by atoms with van der Waals surface area (Å²) in [4.78, 5) is 0. The van der Waals surface area contributed by atoms with Crippen LogP contribution >= 0.6 is 0 Å². The summed E-state index contributed by atoms with van der Waals surface area (Å²) >= 11 is 0. The van der Waals surface area contributed by atoms with Crippen LogP contribution in [0.15, 0.2) is 12.7 Å². The minimum absolute atomic E-state index is 1.12. The molecule has 143 valence electrons. The predicted molar refractivity (Wildman–Crippen MR) is 113 cm³/mol. The van der Waals surface area contributed by atoms with Gasteiger partial charge in [0.1, 0.15) is 0 Å². The molecule has 0 bridgehead atoms. The van der Waals surface area contributed by atoms with Gasteiger partial charge < -0.3 is 0 Å². The van der Waals surface area contributed by atoms with E-state index in [9.17, 15) is 0 Å². The van der Waals surface area contributed by atoms with Crippen LogP contribution in [0.3, 0.4) is 0 Å². The van der Waals surface area contributed by atoms with Gasteiger partial charge in [0.15, 0.2) is 0 Å². The first kappa shape index (κ1) is 23.7. The molecule has 0 aromatic heterocycles. The SMILES string of the molecule is [CH2]CCCCCCCCCCCCCCCCCCCCCC=C. The van der Waals surface area contributed by atoms with E-state index in [-0.39, 0.29) is 0 Å². The summed E-state index contributed by atoms with van der Waals surface area (Å²) in [5, 5.41) is 0. The summed E-state index contributed by atoms with van der Waals surface area (Å²) in [5.41, 5.74) is 0. The zero-order valence-electron chi connectivity index (χ0n) is 16.8. The fraction of sp³-hybridized carbons (Fsp3) is 0.875. The number of allylic oxidation sites excluding steroid dienone is 1. The molecule has 0 aliphatic carbocycles. The molecule has 0 saturated heterocycles. The van der Waals surface area contributed by atoms with E-state index in [0.29, 0.717) is 0 Å². The van der Waals surface area contributed by atoms with Crippen molar-refractivity contribution in [3.05, 3.63) is 19.6 Å². The molecule has 0 nitrogen and oxygen atoms in total. The third-order valence-electron chi connectivity index (χ3n) is 5.16. The summed E-state index contributed by atoms with van der Waals surface area (Å²) < 4.78 is 0. The third-order valence-corrected chi connectivity index (χ3v) is 5.16. The Balaban J connectivity index is 2.94. The Morgan fingerprint density at radius 3 is 0.875 bits per heavy atom. The van der Waals surface area contributed by atoms with Crippen LogP contribution < -0.4 is 0 Å². The van der Waals surface area contributed by atoms with E-state index in [4.69, 9.17) is 0 Å². The fourth-order valence-electron chi connectivity index (χ4n) is 3.47. The molecule has 0 saturated carbocycles. The lowest BCUT2D eigenvalue weighted by molar-refractivity contribution is 0.522. The van der Waals surface area contributed by atoms with Crippen LogP contribution in [-0.4, -0.2) is 0 Å². The Morgan fingerprint density at radius 2 is 0.625 bits per heavy atom. The van der Waals surface area contributed by atoms with Gasteiger partial charge in [-0.15, -0.1) is 6.58 Å². The van der Waals surface area contributed by atoms with E-state index >= 15 is 0 Å². The average Bonchev–Trinajstić information content (AvgIpc) is 2.60. The Bertz CT molecular complexity index is 218. The van der Waals surface area contributed by atoms with Gasteiger partial charge in [0.2, 0.25) is 0 Å². The van der Waals surface area contributed by atoms with E-state index in [1.807, 2.05) is 6.08 Å². The average molecular weight is 336 g/mol. The van der Waals surface area contributed by atoms with Gasteiger partial charge in [-0.05, 0) is 12.8 Å². The zero-order valence-corrected chi connectivity index (χ0v) is 16.8. The van der Waals surface area contributed by atoms with E-state index in [1.54, 1.807) is 0 Å². The van der Waals surface area contributed by atoms with E-state index in [0.717, 1.165) is 6.42 Å². The van der Waals surface area contributed by atoms with Crippen molar-refractivity contribution >= 4 is 0 Å². The number of hydrogen-bond acceptors (Lipinski definition) is 0. The molecular formula is C24H47. The topological polar surface area (TPSA) is 0 Å². The van der Waals surface area contributed by atoms with Crippen molar-refractivity contribution in [3.63, 3.8) is 0 Å². The molecular weight excluding hydrogens is 288 g/mol. The lowest BCUT2D eigenvalue weighted by atomic mass is 10.0. The molecule has 1 radical (unpaired) electrons. The van der Waals surface area contributed by atoms with E-state index in [2.05, 4.69) is 13.5 Å². The summed E-state index contributed by atoms with van der Waals surface area (Å²) in [6.45, 7) is 7.68. The highest BCUT2D eigenvalue weighted by molar-refractivity contribution is 4.65. The Morgan fingerprint density at radius 1 is 0.375 bits per heavy atom. The molecule has 0 fully saturated rings. The van der Waals surface area contributed by atoms with Gasteiger partial charge in [0, 0.05) is 0 Å². The van der Waals surface area contributed by atoms with Crippen molar-refractivity contribution in [3.8, 4) is 0 Å². The summed E-state index contributed by atoms with van der Waals surface area (Å²) in [6, 6.07) is 0. The van der Waals surface area contributed by atoms with Gasteiger partial charge in [-0.25, -0.2) is 0 Å². The molecule has 0 aliphatic rings. The first-order valence-corrected chi connectivity index (χ1v) is 11.3. The predicted octanol–water partition coefficient (Wildman–Crippen LogP) is 9.20. The largest absolute Gasteiger partial charge is 0.103 e. The highest BCUT2D eigenvalue weighted by Crippen LogP contribution is 2.14. The molecule has 0 aliphatic heterocycles. The monoisotopic (exact) mass is 335 g/mol. The van der Waals surface area contributed by atoms with Crippen LogP contribution in [0.4, 0.5) is 0 Å². The van der Waals surface area contributed by atoms with Gasteiger partial charge >= 0.3 is 0 Å². The quantitative estimate of drug-likeness (QED) is 0.145. The van der Waals surface area contributed by atoms with Crippen molar-refractivity contribution in [1.29, 1.82) is 0 Å². The molecule has 0 heterocycles. The highest BCUT2D eigenvalue weighted by atomic mass is 14.0. The molecule has 0 spiro atoms. The number of unbranched alkanes of at least 4 members (excludes halogenated alkanes) is 20. The maximum atomic E-state index is 3.90. The Kier molecular flexibility index (Phi) is 22.5. The van der Waals surface area contributed by atoms with Gasteiger partial charge in [-0.2, -0.15) is 0 Å². The van der Waals surface area contributed by atoms with E-state index in [1.165, 1.54) is 128 Å². The van der Waals surface area contributed by atoms with Gasteiger partial charge in [0.05, 0.1) is 0 Å². The van der Waals surface area contributed by atoms with Crippen LogP contribution in [-0.2, 0) is 0 Å².